The van der Waals surface area contributed by atoms with Crippen molar-refractivity contribution in [2.75, 3.05) is 32.6 Å². The summed E-state index contributed by atoms with van der Waals surface area (Å²) in [5, 5.41) is 3.57. The average molecular weight is 299 g/mol. The molecule has 17 heavy (non-hydrogen) atoms. The number of hydrogen-bond acceptors (Lipinski definition) is 3. The molecule has 1 aliphatic heterocycles. The van der Waals surface area contributed by atoms with Crippen molar-refractivity contribution in [3.05, 3.63) is 22.7 Å². The van der Waals surface area contributed by atoms with E-state index in [9.17, 15) is 0 Å². The third-order valence-corrected chi connectivity index (χ3v) is 3.80. The summed E-state index contributed by atoms with van der Waals surface area (Å²) in [6.45, 7) is 2.32. The number of likely N-dealkylation sites (tertiary alicyclic amines) is 1. The van der Waals surface area contributed by atoms with Crippen LogP contribution >= 0.6 is 15.9 Å². The second-order valence-corrected chi connectivity index (χ2v) is 5.45. The zero-order chi connectivity index (χ0) is 12.3. The molecule has 1 aliphatic rings. The van der Waals surface area contributed by atoms with Gasteiger partial charge in [0.1, 0.15) is 5.75 Å². The van der Waals surface area contributed by atoms with Crippen LogP contribution in [0.15, 0.2) is 22.7 Å². The Morgan fingerprint density at radius 1 is 1.47 bits per heavy atom. The summed E-state index contributed by atoms with van der Waals surface area (Å²) >= 11 is 3.46. The number of piperidine rings is 1. The second kappa shape index (κ2) is 5.74. The lowest BCUT2D eigenvalue weighted by atomic mass is 10.1. The van der Waals surface area contributed by atoms with Crippen molar-refractivity contribution in [1.29, 1.82) is 0 Å². The first-order valence-corrected chi connectivity index (χ1v) is 6.77. The average Bonchev–Trinajstić information content (AvgIpc) is 2.32. The molecule has 0 bridgehead atoms. The number of rotatable bonds is 3. The van der Waals surface area contributed by atoms with Gasteiger partial charge in [-0.15, -0.1) is 0 Å². The molecule has 1 heterocycles. The van der Waals surface area contributed by atoms with Crippen LogP contribution in [0.25, 0.3) is 0 Å². The van der Waals surface area contributed by atoms with E-state index in [0.29, 0.717) is 6.04 Å². The molecule has 1 N–H and O–H groups in total. The highest BCUT2D eigenvalue weighted by Crippen LogP contribution is 2.28. The molecule has 0 amide bonds. The Kier molecular flexibility index (Phi) is 4.29. The summed E-state index contributed by atoms with van der Waals surface area (Å²) < 4.78 is 6.29. The summed E-state index contributed by atoms with van der Waals surface area (Å²) in [4.78, 5) is 2.37. The summed E-state index contributed by atoms with van der Waals surface area (Å²) in [5.41, 5.74) is 1.13. The van der Waals surface area contributed by atoms with E-state index >= 15 is 0 Å². The van der Waals surface area contributed by atoms with Crippen molar-refractivity contribution in [2.45, 2.75) is 18.9 Å². The minimum atomic E-state index is 0.541. The van der Waals surface area contributed by atoms with Gasteiger partial charge in [0.25, 0.3) is 0 Å². The van der Waals surface area contributed by atoms with E-state index < -0.39 is 0 Å². The highest BCUT2D eigenvalue weighted by atomic mass is 79.9. The van der Waals surface area contributed by atoms with Crippen LogP contribution in [0.1, 0.15) is 12.8 Å². The van der Waals surface area contributed by atoms with E-state index in [1.54, 1.807) is 7.11 Å². The van der Waals surface area contributed by atoms with E-state index in [1.165, 1.54) is 19.4 Å². The number of nitrogens with zero attached hydrogens (tertiary/aromatic N) is 1. The number of benzene rings is 1. The third kappa shape index (κ3) is 3.36. The molecule has 0 spiro atoms. The summed E-state index contributed by atoms with van der Waals surface area (Å²) in [5.74, 6) is 0.874. The minimum Gasteiger partial charge on any atom is -0.495 e. The largest absolute Gasteiger partial charge is 0.495 e. The Balaban J connectivity index is 2.02. The van der Waals surface area contributed by atoms with Crippen molar-refractivity contribution in [3.63, 3.8) is 0 Å². The Hall–Kier alpha value is -0.740. The van der Waals surface area contributed by atoms with Gasteiger partial charge in [-0.1, -0.05) is 0 Å². The molecule has 1 fully saturated rings. The lowest BCUT2D eigenvalue weighted by Gasteiger charge is -2.31. The lowest BCUT2D eigenvalue weighted by molar-refractivity contribution is 0.261. The van der Waals surface area contributed by atoms with Gasteiger partial charge in [-0.2, -0.15) is 0 Å². The highest BCUT2D eigenvalue weighted by Gasteiger charge is 2.16. The van der Waals surface area contributed by atoms with E-state index in [4.69, 9.17) is 4.74 Å². The van der Waals surface area contributed by atoms with Gasteiger partial charge < -0.3 is 15.0 Å². The summed E-state index contributed by atoms with van der Waals surface area (Å²) in [7, 11) is 3.87. The van der Waals surface area contributed by atoms with Gasteiger partial charge >= 0.3 is 0 Å². The Morgan fingerprint density at radius 2 is 2.29 bits per heavy atom. The van der Waals surface area contributed by atoms with Gasteiger partial charge in [-0.25, -0.2) is 0 Å². The number of hydrogen-bond donors (Lipinski definition) is 1. The van der Waals surface area contributed by atoms with Crippen LogP contribution in [-0.2, 0) is 0 Å². The SMILES string of the molecule is COc1cc(NC2CCCN(C)C2)ccc1Br. The fourth-order valence-electron chi connectivity index (χ4n) is 2.27. The third-order valence-electron chi connectivity index (χ3n) is 3.15. The Labute approximate surface area is 111 Å². The zero-order valence-electron chi connectivity index (χ0n) is 10.4. The maximum absolute atomic E-state index is 5.30. The van der Waals surface area contributed by atoms with E-state index in [-0.39, 0.29) is 0 Å². The van der Waals surface area contributed by atoms with E-state index in [1.807, 2.05) is 12.1 Å². The van der Waals surface area contributed by atoms with Crippen molar-refractivity contribution in [1.82, 2.24) is 4.90 Å². The number of nitrogens with one attached hydrogen (secondary N) is 1. The molecule has 0 aromatic heterocycles. The molecule has 0 saturated carbocycles. The van der Waals surface area contributed by atoms with Crippen LogP contribution in [0.3, 0.4) is 0 Å². The first kappa shape index (κ1) is 12.7. The van der Waals surface area contributed by atoms with Gasteiger partial charge in [-0.3, -0.25) is 0 Å². The maximum atomic E-state index is 5.30. The van der Waals surface area contributed by atoms with Gasteiger partial charge in [0.15, 0.2) is 0 Å². The predicted octanol–water partition coefficient (Wildman–Crippen LogP) is 2.96. The standard InChI is InChI=1S/C13H19BrN2O/c1-16-7-3-4-11(9-16)15-10-5-6-12(14)13(8-10)17-2/h5-6,8,11,15H,3-4,7,9H2,1-2H3. The normalized spacial score (nSPS) is 21.2. The molecule has 1 atom stereocenters. The molecule has 1 aromatic rings. The highest BCUT2D eigenvalue weighted by molar-refractivity contribution is 9.10. The Morgan fingerprint density at radius 3 is 3.00 bits per heavy atom. The molecule has 1 aromatic carbocycles. The van der Waals surface area contributed by atoms with Crippen LogP contribution < -0.4 is 10.1 Å². The molecule has 1 unspecified atom stereocenters. The fourth-order valence-corrected chi connectivity index (χ4v) is 2.68. The van der Waals surface area contributed by atoms with Gasteiger partial charge in [-0.05, 0) is 54.5 Å². The first-order chi connectivity index (χ1) is 8.19. The van der Waals surface area contributed by atoms with Crippen molar-refractivity contribution in [3.8, 4) is 5.75 Å². The summed E-state index contributed by atoms with van der Waals surface area (Å²) in [6.07, 6.45) is 2.50. The maximum Gasteiger partial charge on any atom is 0.135 e. The molecule has 1 saturated heterocycles. The van der Waals surface area contributed by atoms with E-state index in [2.05, 4.69) is 39.3 Å². The van der Waals surface area contributed by atoms with Gasteiger partial charge in [0, 0.05) is 24.3 Å². The molecule has 4 heteroatoms. The molecule has 0 aliphatic carbocycles. The van der Waals surface area contributed by atoms with Crippen LogP contribution in [0.2, 0.25) is 0 Å². The van der Waals surface area contributed by atoms with Crippen LogP contribution in [0, 0.1) is 0 Å². The quantitative estimate of drug-likeness (QED) is 0.928. The second-order valence-electron chi connectivity index (χ2n) is 4.60. The number of ether oxygens (including phenoxy) is 1. The van der Waals surface area contributed by atoms with Gasteiger partial charge in [0.05, 0.1) is 11.6 Å². The molecule has 2 rings (SSSR count). The molecule has 94 valence electrons. The molecular formula is C13H19BrN2O. The number of halogens is 1. The molecule has 0 radical (unpaired) electrons. The van der Waals surface area contributed by atoms with Crippen LogP contribution in [0.4, 0.5) is 5.69 Å². The summed E-state index contributed by atoms with van der Waals surface area (Å²) in [6, 6.07) is 6.69. The number of anilines is 1. The van der Waals surface area contributed by atoms with Crippen molar-refractivity contribution in [2.24, 2.45) is 0 Å². The molecule has 3 nitrogen and oxygen atoms in total. The van der Waals surface area contributed by atoms with Crippen molar-refractivity contribution < 1.29 is 4.74 Å². The topological polar surface area (TPSA) is 24.5 Å². The Bertz CT molecular complexity index is 384. The molecular weight excluding hydrogens is 280 g/mol. The van der Waals surface area contributed by atoms with E-state index in [0.717, 1.165) is 22.5 Å². The predicted molar refractivity (Wildman–Crippen MR) is 74.8 cm³/mol. The zero-order valence-corrected chi connectivity index (χ0v) is 12.0. The first-order valence-electron chi connectivity index (χ1n) is 5.97. The lowest BCUT2D eigenvalue weighted by Crippen LogP contribution is -2.39. The fraction of sp³-hybridized carbons (Fsp3) is 0.538. The van der Waals surface area contributed by atoms with Crippen LogP contribution in [-0.4, -0.2) is 38.2 Å². The van der Waals surface area contributed by atoms with Crippen LogP contribution in [0.5, 0.6) is 5.75 Å². The minimum absolute atomic E-state index is 0.541. The van der Waals surface area contributed by atoms with Crippen molar-refractivity contribution >= 4 is 21.6 Å². The monoisotopic (exact) mass is 298 g/mol. The number of likely N-dealkylation sites (N-methyl/N-ethyl adjacent to an activating group) is 1. The smallest absolute Gasteiger partial charge is 0.135 e. The number of methoxy groups -OCH3 is 1. The van der Waals surface area contributed by atoms with Gasteiger partial charge in [0.2, 0.25) is 0 Å².